The molecular formula is C21H18N2O4S. The van der Waals surface area contributed by atoms with Crippen molar-refractivity contribution in [2.24, 2.45) is 0 Å². The Bertz CT molecular complexity index is 1260. The molecule has 142 valence electrons. The molecule has 0 spiro atoms. The quantitative estimate of drug-likeness (QED) is 0.505. The SMILES string of the molecule is Cc1cccc2sc(NC(=O)c3cc(=O)oc4cc(OC(C)C)ccc34)nc12. The Morgan fingerprint density at radius 1 is 1.21 bits per heavy atom. The Balaban J connectivity index is 1.71. The molecule has 6 nitrogen and oxygen atoms in total. The molecule has 4 rings (SSSR count). The number of para-hydroxylation sites is 1. The van der Waals surface area contributed by atoms with E-state index in [1.54, 1.807) is 18.2 Å². The molecule has 1 amide bonds. The van der Waals surface area contributed by atoms with Gasteiger partial charge in [0.1, 0.15) is 11.3 Å². The van der Waals surface area contributed by atoms with Crippen molar-refractivity contribution < 1.29 is 13.9 Å². The number of aryl methyl sites for hydroxylation is 1. The van der Waals surface area contributed by atoms with Gasteiger partial charge in [-0.1, -0.05) is 23.5 Å². The summed E-state index contributed by atoms with van der Waals surface area (Å²) in [5, 5.41) is 3.81. The van der Waals surface area contributed by atoms with Crippen LogP contribution < -0.4 is 15.7 Å². The third-order valence-electron chi connectivity index (χ3n) is 4.17. The lowest BCUT2D eigenvalue weighted by Crippen LogP contribution is -2.15. The highest BCUT2D eigenvalue weighted by molar-refractivity contribution is 7.22. The zero-order valence-electron chi connectivity index (χ0n) is 15.6. The molecule has 0 fully saturated rings. The van der Waals surface area contributed by atoms with E-state index in [2.05, 4.69) is 10.3 Å². The third-order valence-corrected chi connectivity index (χ3v) is 5.11. The Morgan fingerprint density at radius 3 is 2.79 bits per heavy atom. The van der Waals surface area contributed by atoms with Crippen LogP contribution in [0.15, 0.2) is 51.7 Å². The van der Waals surface area contributed by atoms with Crippen LogP contribution in [0.4, 0.5) is 5.13 Å². The van der Waals surface area contributed by atoms with Gasteiger partial charge in [-0.2, -0.15) is 0 Å². The van der Waals surface area contributed by atoms with Crippen LogP contribution in [-0.4, -0.2) is 17.0 Å². The highest BCUT2D eigenvalue weighted by atomic mass is 32.1. The predicted octanol–water partition coefficient (Wildman–Crippen LogP) is 4.75. The Hall–Kier alpha value is -3.19. The zero-order valence-corrected chi connectivity index (χ0v) is 16.4. The van der Waals surface area contributed by atoms with Crippen LogP contribution in [0, 0.1) is 6.92 Å². The van der Waals surface area contributed by atoms with Crippen LogP contribution in [0.5, 0.6) is 5.75 Å². The molecule has 0 atom stereocenters. The van der Waals surface area contributed by atoms with Gasteiger partial charge in [0.05, 0.1) is 21.9 Å². The van der Waals surface area contributed by atoms with Crippen LogP contribution in [0.3, 0.4) is 0 Å². The summed E-state index contributed by atoms with van der Waals surface area (Å²) in [5.74, 6) is 0.164. The van der Waals surface area contributed by atoms with E-state index in [1.165, 1.54) is 17.4 Å². The number of thiazole rings is 1. The van der Waals surface area contributed by atoms with E-state index in [1.807, 2.05) is 39.0 Å². The van der Waals surface area contributed by atoms with Gasteiger partial charge in [-0.3, -0.25) is 10.1 Å². The predicted molar refractivity (Wildman–Crippen MR) is 111 cm³/mol. The number of aromatic nitrogens is 1. The van der Waals surface area contributed by atoms with Crippen molar-refractivity contribution in [3.05, 3.63) is 64.0 Å². The molecule has 0 saturated carbocycles. The van der Waals surface area contributed by atoms with Gasteiger partial charge >= 0.3 is 5.63 Å². The molecule has 0 aliphatic heterocycles. The minimum atomic E-state index is -0.598. The van der Waals surface area contributed by atoms with E-state index in [9.17, 15) is 9.59 Å². The number of carbonyl (C=O) groups excluding carboxylic acids is 1. The molecule has 28 heavy (non-hydrogen) atoms. The molecule has 0 aliphatic carbocycles. The highest BCUT2D eigenvalue weighted by Crippen LogP contribution is 2.29. The van der Waals surface area contributed by atoms with Gasteiger partial charge < -0.3 is 9.15 Å². The van der Waals surface area contributed by atoms with Crippen molar-refractivity contribution in [3.63, 3.8) is 0 Å². The average Bonchev–Trinajstić information content (AvgIpc) is 3.04. The van der Waals surface area contributed by atoms with Gasteiger partial charge in [0.15, 0.2) is 5.13 Å². The second-order valence-corrected chi connectivity index (χ2v) is 7.73. The fourth-order valence-electron chi connectivity index (χ4n) is 2.98. The number of benzene rings is 2. The lowest BCUT2D eigenvalue weighted by molar-refractivity contribution is 0.102. The monoisotopic (exact) mass is 394 g/mol. The molecular weight excluding hydrogens is 376 g/mol. The number of anilines is 1. The number of ether oxygens (including phenoxy) is 1. The summed E-state index contributed by atoms with van der Waals surface area (Å²) in [5.41, 5.74) is 1.84. The van der Waals surface area contributed by atoms with Gasteiger partial charge in [0.2, 0.25) is 0 Å². The van der Waals surface area contributed by atoms with Crippen molar-refractivity contribution in [2.75, 3.05) is 5.32 Å². The fourth-order valence-corrected chi connectivity index (χ4v) is 3.92. The first-order valence-electron chi connectivity index (χ1n) is 8.83. The second kappa shape index (κ2) is 7.09. The number of nitrogens with one attached hydrogen (secondary N) is 1. The van der Waals surface area contributed by atoms with E-state index >= 15 is 0 Å². The summed E-state index contributed by atoms with van der Waals surface area (Å²) in [7, 11) is 0. The maximum absolute atomic E-state index is 12.8. The summed E-state index contributed by atoms with van der Waals surface area (Å²) >= 11 is 1.39. The number of hydrogen-bond donors (Lipinski definition) is 1. The standard InChI is InChI=1S/C21H18N2O4S/c1-11(2)26-13-7-8-14-15(10-18(24)27-16(14)9-13)20(25)23-21-22-19-12(3)5-4-6-17(19)28-21/h4-11H,1-3H3,(H,22,23,25). The first kappa shape index (κ1) is 18.2. The van der Waals surface area contributed by atoms with Crippen LogP contribution >= 0.6 is 11.3 Å². The molecule has 0 bridgehead atoms. The molecule has 1 N–H and O–H groups in total. The summed E-state index contributed by atoms with van der Waals surface area (Å²) in [4.78, 5) is 29.3. The largest absolute Gasteiger partial charge is 0.491 e. The average molecular weight is 394 g/mol. The van der Waals surface area contributed by atoms with Gasteiger partial charge in [-0.25, -0.2) is 9.78 Å². The number of rotatable bonds is 4. The molecule has 0 radical (unpaired) electrons. The summed E-state index contributed by atoms with van der Waals surface area (Å²) in [6, 6.07) is 12.2. The Morgan fingerprint density at radius 2 is 2.04 bits per heavy atom. The minimum Gasteiger partial charge on any atom is -0.491 e. The minimum absolute atomic E-state index is 0.0156. The second-order valence-electron chi connectivity index (χ2n) is 6.70. The van der Waals surface area contributed by atoms with Gasteiger partial charge in [0, 0.05) is 17.5 Å². The molecule has 7 heteroatoms. The molecule has 2 aromatic carbocycles. The normalized spacial score (nSPS) is 11.3. The maximum atomic E-state index is 12.8. The molecule has 4 aromatic rings. The van der Waals surface area contributed by atoms with E-state index in [4.69, 9.17) is 9.15 Å². The maximum Gasteiger partial charge on any atom is 0.337 e. The summed E-state index contributed by atoms with van der Waals surface area (Å²) < 4.78 is 11.9. The molecule has 2 heterocycles. The van der Waals surface area contributed by atoms with Crippen LogP contribution in [-0.2, 0) is 0 Å². The number of amides is 1. The van der Waals surface area contributed by atoms with E-state index in [-0.39, 0.29) is 11.7 Å². The van der Waals surface area contributed by atoms with Crippen molar-refractivity contribution in [1.82, 2.24) is 4.98 Å². The summed E-state index contributed by atoms with van der Waals surface area (Å²) in [6.45, 7) is 5.79. The first-order valence-corrected chi connectivity index (χ1v) is 9.64. The number of hydrogen-bond acceptors (Lipinski definition) is 6. The van der Waals surface area contributed by atoms with Crippen molar-refractivity contribution in [1.29, 1.82) is 0 Å². The molecule has 0 aliphatic rings. The summed E-state index contributed by atoms with van der Waals surface area (Å²) in [6.07, 6.45) is -0.0156. The van der Waals surface area contributed by atoms with Gasteiger partial charge in [0.25, 0.3) is 5.91 Å². The highest BCUT2D eigenvalue weighted by Gasteiger charge is 2.16. The molecule has 2 aromatic heterocycles. The van der Waals surface area contributed by atoms with Crippen LogP contribution in [0.1, 0.15) is 29.8 Å². The van der Waals surface area contributed by atoms with Gasteiger partial charge in [-0.05, 0) is 44.5 Å². The number of carbonyl (C=O) groups is 1. The zero-order chi connectivity index (χ0) is 19.8. The van der Waals surface area contributed by atoms with E-state index in [0.717, 1.165) is 15.8 Å². The number of fused-ring (bicyclic) bond motifs is 2. The Labute approximate surface area is 164 Å². The molecule has 0 unspecified atom stereocenters. The lowest BCUT2D eigenvalue weighted by atomic mass is 10.1. The first-order chi connectivity index (χ1) is 13.4. The fraction of sp³-hybridized carbons (Fsp3) is 0.190. The number of nitrogens with zero attached hydrogens (tertiary/aromatic N) is 1. The van der Waals surface area contributed by atoms with Gasteiger partial charge in [-0.15, -0.1) is 0 Å². The van der Waals surface area contributed by atoms with Crippen molar-refractivity contribution in [3.8, 4) is 5.75 Å². The smallest absolute Gasteiger partial charge is 0.337 e. The van der Waals surface area contributed by atoms with Crippen molar-refractivity contribution in [2.45, 2.75) is 26.9 Å². The van der Waals surface area contributed by atoms with E-state index < -0.39 is 11.5 Å². The van der Waals surface area contributed by atoms with Crippen LogP contribution in [0.2, 0.25) is 0 Å². The van der Waals surface area contributed by atoms with Crippen molar-refractivity contribution >= 4 is 43.6 Å². The topological polar surface area (TPSA) is 81.4 Å². The third kappa shape index (κ3) is 3.48. The van der Waals surface area contributed by atoms with Crippen LogP contribution in [0.25, 0.3) is 21.2 Å². The lowest BCUT2D eigenvalue weighted by Gasteiger charge is -2.11. The van der Waals surface area contributed by atoms with E-state index in [0.29, 0.717) is 21.9 Å². The Kier molecular flexibility index (Phi) is 4.60. The molecule has 0 saturated heterocycles.